The molecule has 4 atom stereocenters. The normalized spacial score (nSPS) is 31.8. The minimum absolute atomic E-state index is 0.498. The Morgan fingerprint density at radius 1 is 0.306 bits per heavy atom. The van der Waals surface area contributed by atoms with Crippen molar-refractivity contribution in [1.82, 2.24) is 57.9 Å². The van der Waals surface area contributed by atoms with E-state index in [0.717, 1.165) is 76.0 Å². The second kappa shape index (κ2) is 18.6. The van der Waals surface area contributed by atoms with Gasteiger partial charge in [-0.25, -0.2) is 0 Å². The predicted molar refractivity (Wildman–Crippen MR) is 278 cm³/mol. The van der Waals surface area contributed by atoms with Crippen LogP contribution in [0.15, 0.2) is 18.1 Å². The van der Waals surface area contributed by atoms with Crippen LogP contribution in [0.25, 0.3) is 0 Å². The third-order valence-corrected chi connectivity index (χ3v) is 43.4. The Kier molecular flexibility index (Phi) is 16.7. The zero-order chi connectivity index (χ0) is 47.7. The van der Waals surface area contributed by atoms with Crippen LogP contribution in [0.1, 0.15) is 51.4 Å². The Morgan fingerprint density at radius 2 is 0.452 bits per heavy atom. The van der Waals surface area contributed by atoms with E-state index < -0.39 is 57.9 Å². The van der Waals surface area contributed by atoms with Gasteiger partial charge in [-0.1, -0.05) is 0 Å². The predicted octanol–water partition coefficient (Wildman–Crippen LogP) is 7.10. The molecule has 4 aliphatic heterocycles. The third-order valence-electron chi connectivity index (χ3n) is 15.8. The Morgan fingerprint density at radius 3 is 0.565 bits per heavy atom. The first-order valence-electron chi connectivity index (χ1n) is 22.7. The summed E-state index contributed by atoms with van der Waals surface area (Å²) >= 11 is 0. The third kappa shape index (κ3) is 7.64. The fourth-order valence-electron chi connectivity index (χ4n) is 13.6. The molecule has 0 aliphatic carbocycles. The molecule has 0 aromatic carbocycles. The van der Waals surface area contributed by atoms with E-state index in [0.29, 0.717) is 0 Å². The van der Waals surface area contributed by atoms with E-state index >= 15 is 4.89 Å². The summed E-state index contributed by atoms with van der Waals surface area (Å²) in [5.74, 6) is 0. The second-order valence-corrected chi connectivity index (χ2v) is 39.5. The number of rotatable bonds is 16. The van der Waals surface area contributed by atoms with Crippen LogP contribution in [0.2, 0.25) is 0 Å². The van der Waals surface area contributed by atoms with Gasteiger partial charge in [0.05, 0.1) is 0 Å². The summed E-state index contributed by atoms with van der Waals surface area (Å²) in [6.07, 6.45) is 11.0. The molecule has 4 aliphatic rings. The van der Waals surface area contributed by atoms with E-state index in [-0.39, 0.29) is 0 Å². The summed E-state index contributed by atoms with van der Waals surface area (Å²) in [5, 5.41) is -1.99. The zero-order valence-corrected chi connectivity index (χ0v) is 48.8. The monoisotopic (exact) mass is 973 g/mol. The number of hydrogen-bond donors (Lipinski definition) is 1. The summed E-state index contributed by atoms with van der Waals surface area (Å²) in [4.78, 5) is 35.4. The van der Waals surface area contributed by atoms with Crippen molar-refractivity contribution in [1.29, 1.82) is 0 Å². The van der Waals surface area contributed by atoms with Crippen molar-refractivity contribution in [3.8, 4) is 0 Å². The molecule has 0 amide bonds. The molecule has 368 valence electrons. The molecule has 4 saturated heterocycles. The van der Waals surface area contributed by atoms with Gasteiger partial charge >= 0.3 is 384 Å². The van der Waals surface area contributed by atoms with E-state index in [1.165, 1.54) is 0 Å². The number of hydrogen-bond acceptors (Lipinski definition) is 13. The van der Waals surface area contributed by atoms with Crippen molar-refractivity contribution in [3.63, 3.8) is 0 Å². The molecule has 4 fully saturated rings. The molecule has 0 saturated carbocycles. The van der Waals surface area contributed by atoms with Crippen LogP contribution in [0.4, 0.5) is 0 Å². The molecular weight excluding hydrogens is 875 g/mol. The molecule has 1 N–H and O–H groups in total. The average Bonchev–Trinajstić information content (AvgIpc) is 3.90. The topological polar surface area (TPSA) is 109 Å². The molecule has 4 heterocycles. The molecule has 62 heavy (non-hydrogen) atoms. The van der Waals surface area contributed by atoms with Crippen LogP contribution in [0.3, 0.4) is 0 Å². The van der Waals surface area contributed by atoms with Crippen molar-refractivity contribution < 1.29 is 4.89 Å². The first kappa shape index (κ1) is 55.4. The van der Waals surface area contributed by atoms with Gasteiger partial charge in [0.1, 0.15) is 0 Å². The van der Waals surface area contributed by atoms with Gasteiger partial charge in [-0.05, 0) is 0 Å². The van der Waals surface area contributed by atoms with Gasteiger partial charge in [0.2, 0.25) is 0 Å². The van der Waals surface area contributed by atoms with Gasteiger partial charge in [-0.15, -0.1) is 0 Å². The minimum atomic E-state index is -5.57. The maximum absolute atomic E-state index is 16.2. The summed E-state index contributed by atoms with van der Waals surface area (Å²) in [5.41, 5.74) is 0. The van der Waals surface area contributed by atoms with Gasteiger partial charge in [0, 0.05) is 0 Å². The first-order chi connectivity index (χ1) is 28.3. The summed E-state index contributed by atoms with van der Waals surface area (Å²) in [6.45, 7) is 0. The molecule has 0 aromatic rings. The fraction of sp³-hybridized carbons (Fsp3) is 1.00. The van der Waals surface area contributed by atoms with E-state index in [1.54, 1.807) is 0 Å². The van der Waals surface area contributed by atoms with E-state index in [2.05, 4.69) is 227 Å². The molecule has 0 aromatic heterocycles. The standard InChI is InChI=1S/C40H97N16OP5/c1-45(2)37(46(3)4)29-25-33-58(37,53(17)18)41-62(57,42-59(54(19)20)34-26-30-38(59,47(5)6)48(7)8,43-60(55(21)22)35-27-31-39(60,49(9)10)50(11)12)44-61(56(23)24)36-28-32-40(61,51(13)14)52(15)16/h57H,25-36H2,1-24H3. The molecule has 4 rings (SSSR count). The summed E-state index contributed by atoms with van der Waals surface area (Å²) in [7, 11) is 36.3. The Hall–Kier alpha value is 0.830. The molecule has 0 bridgehead atoms. The van der Waals surface area contributed by atoms with Crippen LogP contribution in [-0.4, -0.2) is 278 Å². The average molecular weight is 973 g/mol. The zero-order valence-electron chi connectivity index (χ0n) is 44.3. The van der Waals surface area contributed by atoms with Crippen molar-refractivity contribution in [3.05, 3.63) is 0 Å². The van der Waals surface area contributed by atoms with Crippen LogP contribution >= 0.6 is 36.3 Å². The maximum atomic E-state index is 16.2. The van der Waals surface area contributed by atoms with Gasteiger partial charge < -0.3 is 0 Å². The van der Waals surface area contributed by atoms with Crippen molar-refractivity contribution in [2.75, 3.05) is 194 Å². The molecule has 4 unspecified atom stereocenters. The first-order valence-corrected chi connectivity index (χ1v) is 32.2. The van der Waals surface area contributed by atoms with E-state index in [1.807, 2.05) is 0 Å². The van der Waals surface area contributed by atoms with E-state index in [9.17, 15) is 0 Å². The van der Waals surface area contributed by atoms with Gasteiger partial charge in [-0.2, -0.15) is 0 Å². The second-order valence-electron chi connectivity index (χ2n) is 21.1. The van der Waals surface area contributed by atoms with Gasteiger partial charge in [-0.3, -0.25) is 0 Å². The van der Waals surface area contributed by atoms with Crippen LogP contribution in [0, 0.1) is 0 Å². The van der Waals surface area contributed by atoms with Crippen molar-refractivity contribution in [2.24, 2.45) is 18.1 Å². The SMILES string of the molecule is CN(C)C1(N(C)C)CCCP1(=NP(O)(N=P1(N(C)C)CCCC1(N(C)C)N(C)C)(N=P1(N(C)C)CCCC1(N(C)C)N(C)C)N=P1(N(C)C)CCCC1(N(C)C)N(C)C)N(C)C. The molecule has 22 heteroatoms. The van der Waals surface area contributed by atoms with Crippen molar-refractivity contribution >= 4 is 36.3 Å². The Labute approximate surface area is 382 Å². The van der Waals surface area contributed by atoms with Crippen LogP contribution in [-0.2, 0) is 0 Å². The summed E-state index contributed by atoms with van der Waals surface area (Å²) in [6, 6.07) is 0. The molecule has 0 spiro atoms. The Balaban J connectivity index is 2.76. The number of nitrogens with zero attached hydrogens (tertiary/aromatic N) is 16. The van der Waals surface area contributed by atoms with Crippen molar-refractivity contribution in [2.45, 2.75) is 73.0 Å². The quantitative estimate of drug-likeness (QED) is 0.126. The van der Waals surface area contributed by atoms with Crippen LogP contribution < -0.4 is 0 Å². The van der Waals surface area contributed by atoms with Gasteiger partial charge in [0.15, 0.2) is 0 Å². The summed E-state index contributed by atoms with van der Waals surface area (Å²) < 4.78 is 36.2. The Bertz CT molecular complexity index is 1550. The fourth-order valence-corrected chi connectivity index (χ4v) is 46.3. The molecular formula is C40H97N16OP5. The van der Waals surface area contributed by atoms with Crippen LogP contribution in [0.5, 0.6) is 0 Å². The van der Waals surface area contributed by atoms with Gasteiger partial charge in [0.25, 0.3) is 0 Å². The molecule has 0 radical (unpaired) electrons. The van der Waals surface area contributed by atoms with E-state index in [4.69, 9.17) is 18.1 Å². The molecule has 17 nitrogen and oxygen atoms in total.